The van der Waals surface area contributed by atoms with Gasteiger partial charge in [0.15, 0.2) is 0 Å². The number of carbonyl (C=O) groups excluding carboxylic acids is 1. The molecular formula is C10H11N3O3S. The van der Waals surface area contributed by atoms with Crippen molar-refractivity contribution in [3.63, 3.8) is 0 Å². The van der Waals surface area contributed by atoms with Crippen LogP contribution in [0.15, 0.2) is 11.6 Å². The molecule has 17 heavy (non-hydrogen) atoms. The molecule has 0 aliphatic carbocycles. The zero-order valence-electron chi connectivity index (χ0n) is 9.47. The average Bonchev–Trinajstić information content (AvgIpc) is 2.22. The zero-order valence-corrected chi connectivity index (χ0v) is 10.3. The monoisotopic (exact) mass is 253 g/mol. The van der Waals surface area contributed by atoms with Crippen LogP contribution in [0, 0.1) is 28.1 Å². The van der Waals surface area contributed by atoms with E-state index in [4.69, 9.17) is 10.5 Å². The average molecular weight is 253 g/mol. The molecule has 1 rings (SSSR count). The summed E-state index contributed by atoms with van der Waals surface area (Å²) in [6.45, 7) is 1.22. The van der Waals surface area contributed by atoms with E-state index in [0.717, 1.165) is 6.26 Å². The summed E-state index contributed by atoms with van der Waals surface area (Å²) >= 11 is 0. The van der Waals surface area contributed by atoms with Gasteiger partial charge in [-0.2, -0.15) is 10.5 Å². The van der Waals surface area contributed by atoms with Crippen LogP contribution in [-0.4, -0.2) is 31.4 Å². The zero-order chi connectivity index (χ0) is 13.3. The van der Waals surface area contributed by atoms with Crippen LogP contribution in [0.3, 0.4) is 0 Å². The molecule has 0 aromatic rings. The lowest BCUT2D eigenvalue weighted by atomic mass is 9.81. The molecule has 0 unspecified atom stereocenters. The fraction of sp³-hybridized carbons (Fsp3) is 0.500. The molecule has 7 heteroatoms. The van der Waals surface area contributed by atoms with Gasteiger partial charge < -0.3 is 0 Å². The fourth-order valence-corrected chi connectivity index (χ4v) is 2.56. The predicted molar refractivity (Wildman–Crippen MR) is 58.6 cm³/mol. The van der Waals surface area contributed by atoms with Crippen LogP contribution in [0.25, 0.3) is 0 Å². The molecule has 1 aliphatic rings. The van der Waals surface area contributed by atoms with E-state index < -0.39 is 21.3 Å². The number of nitriles is 2. The SMILES string of the molecule is C[C@]1(C#N)C/C(=C\C#N)CN(S(C)(=O)=O)C1=O. The smallest absolute Gasteiger partial charge is 0.256 e. The van der Waals surface area contributed by atoms with E-state index in [-0.39, 0.29) is 13.0 Å². The van der Waals surface area contributed by atoms with Gasteiger partial charge in [0.2, 0.25) is 10.0 Å². The van der Waals surface area contributed by atoms with Gasteiger partial charge in [0, 0.05) is 6.08 Å². The first-order valence-corrected chi connectivity index (χ1v) is 6.60. The molecule has 0 aromatic heterocycles. The number of sulfonamides is 1. The quantitative estimate of drug-likeness (QED) is 0.619. The van der Waals surface area contributed by atoms with E-state index in [1.807, 2.05) is 6.07 Å². The Morgan fingerprint density at radius 2 is 2.06 bits per heavy atom. The van der Waals surface area contributed by atoms with Crippen molar-refractivity contribution in [1.82, 2.24) is 4.31 Å². The minimum absolute atomic E-state index is 0.0852. The Balaban J connectivity index is 3.29. The number of hydrogen-bond donors (Lipinski definition) is 0. The second-order valence-electron chi connectivity index (χ2n) is 4.13. The molecule has 6 nitrogen and oxygen atoms in total. The second kappa shape index (κ2) is 4.19. The van der Waals surface area contributed by atoms with Crippen LogP contribution in [0.2, 0.25) is 0 Å². The standard InChI is InChI=1S/C10H11N3O3S/c1-10(7-12)5-8(3-4-11)6-13(9(10)14)17(2,15)16/h3H,5-6H2,1-2H3/b8-3+/t10-/m1/s1. The normalized spacial score (nSPS) is 27.6. The van der Waals surface area contributed by atoms with Crippen LogP contribution < -0.4 is 0 Å². The Morgan fingerprint density at radius 1 is 1.47 bits per heavy atom. The van der Waals surface area contributed by atoms with Gasteiger partial charge in [-0.1, -0.05) is 0 Å². The second-order valence-corrected chi connectivity index (χ2v) is 6.03. The van der Waals surface area contributed by atoms with Gasteiger partial charge in [0.1, 0.15) is 5.41 Å². The first-order chi connectivity index (χ1) is 7.74. The summed E-state index contributed by atoms with van der Waals surface area (Å²) in [5.41, 5.74) is -0.967. The largest absolute Gasteiger partial charge is 0.272 e. The number of nitrogens with zero attached hydrogens (tertiary/aromatic N) is 3. The lowest BCUT2D eigenvalue weighted by Crippen LogP contribution is -2.49. The van der Waals surface area contributed by atoms with E-state index in [1.54, 1.807) is 6.07 Å². The Bertz CT molecular complexity index is 565. The highest BCUT2D eigenvalue weighted by Gasteiger charge is 2.45. The van der Waals surface area contributed by atoms with Gasteiger partial charge in [-0.15, -0.1) is 0 Å². The molecule has 0 saturated carbocycles. The number of carbonyl (C=O) groups is 1. The first kappa shape index (κ1) is 13.2. The van der Waals surface area contributed by atoms with Crippen molar-refractivity contribution in [3.05, 3.63) is 11.6 Å². The molecule has 1 aliphatic heterocycles. The Kier molecular flexibility index (Phi) is 3.25. The van der Waals surface area contributed by atoms with E-state index >= 15 is 0 Å². The van der Waals surface area contributed by atoms with Gasteiger partial charge >= 0.3 is 0 Å². The third kappa shape index (κ3) is 2.45. The Hall–Kier alpha value is -1.86. The summed E-state index contributed by atoms with van der Waals surface area (Å²) in [5.74, 6) is -0.738. The van der Waals surface area contributed by atoms with Gasteiger partial charge in [0.25, 0.3) is 5.91 Å². The summed E-state index contributed by atoms with van der Waals surface area (Å²) in [6, 6.07) is 3.60. The molecule has 1 heterocycles. The Labute approximate surface area is 99.8 Å². The van der Waals surface area contributed by atoms with Crippen molar-refractivity contribution in [3.8, 4) is 12.1 Å². The van der Waals surface area contributed by atoms with Gasteiger partial charge in [-0.3, -0.25) is 4.79 Å². The van der Waals surface area contributed by atoms with E-state index in [1.165, 1.54) is 13.0 Å². The fourth-order valence-electron chi connectivity index (χ4n) is 1.66. The highest BCUT2D eigenvalue weighted by atomic mass is 32.2. The molecule has 0 radical (unpaired) electrons. The van der Waals surface area contributed by atoms with Crippen LogP contribution in [0.1, 0.15) is 13.3 Å². The molecule has 0 N–H and O–H groups in total. The number of rotatable bonds is 1. The highest BCUT2D eigenvalue weighted by molar-refractivity contribution is 7.88. The van der Waals surface area contributed by atoms with E-state index in [9.17, 15) is 13.2 Å². The van der Waals surface area contributed by atoms with Crippen molar-refractivity contribution in [2.75, 3.05) is 12.8 Å². The molecule has 1 atom stereocenters. The van der Waals surface area contributed by atoms with Crippen LogP contribution >= 0.6 is 0 Å². The van der Waals surface area contributed by atoms with Crippen LogP contribution in [0.5, 0.6) is 0 Å². The first-order valence-electron chi connectivity index (χ1n) is 4.75. The lowest BCUT2D eigenvalue weighted by Gasteiger charge is -2.34. The number of allylic oxidation sites excluding steroid dienone is 1. The van der Waals surface area contributed by atoms with Crippen molar-refractivity contribution in [2.24, 2.45) is 5.41 Å². The third-order valence-corrected chi connectivity index (χ3v) is 3.64. The van der Waals surface area contributed by atoms with Gasteiger partial charge in [0.05, 0.1) is 24.9 Å². The predicted octanol–water partition coefficient (Wildman–Crippen LogP) is 0.158. The van der Waals surface area contributed by atoms with Gasteiger partial charge in [-0.05, 0) is 18.9 Å². The Morgan fingerprint density at radius 3 is 2.47 bits per heavy atom. The van der Waals surface area contributed by atoms with Gasteiger partial charge in [-0.25, -0.2) is 12.7 Å². The minimum atomic E-state index is -3.72. The van der Waals surface area contributed by atoms with E-state index in [0.29, 0.717) is 9.88 Å². The molecule has 1 amide bonds. The number of hydrogen-bond acceptors (Lipinski definition) is 5. The van der Waals surface area contributed by atoms with Crippen molar-refractivity contribution in [2.45, 2.75) is 13.3 Å². The number of amides is 1. The number of piperidine rings is 1. The maximum atomic E-state index is 11.9. The van der Waals surface area contributed by atoms with Crippen molar-refractivity contribution < 1.29 is 13.2 Å². The molecule has 0 spiro atoms. The summed E-state index contributed by atoms with van der Waals surface area (Å²) in [7, 11) is -3.72. The molecule has 0 aromatic carbocycles. The molecule has 90 valence electrons. The van der Waals surface area contributed by atoms with Crippen molar-refractivity contribution in [1.29, 1.82) is 10.5 Å². The van der Waals surface area contributed by atoms with Crippen LogP contribution in [-0.2, 0) is 14.8 Å². The van der Waals surface area contributed by atoms with E-state index in [2.05, 4.69) is 0 Å². The van der Waals surface area contributed by atoms with Crippen LogP contribution in [0.4, 0.5) is 0 Å². The third-order valence-electron chi connectivity index (χ3n) is 2.54. The topological polar surface area (TPSA) is 102 Å². The molecular weight excluding hydrogens is 242 g/mol. The summed E-state index contributed by atoms with van der Waals surface area (Å²) in [6.07, 6.45) is 2.17. The molecule has 0 bridgehead atoms. The summed E-state index contributed by atoms with van der Waals surface area (Å²) < 4.78 is 23.5. The maximum absolute atomic E-state index is 11.9. The highest BCUT2D eigenvalue weighted by Crippen LogP contribution is 2.34. The summed E-state index contributed by atoms with van der Waals surface area (Å²) in [5, 5.41) is 17.5. The molecule has 1 saturated heterocycles. The van der Waals surface area contributed by atoms with Crippen molar-refractivity contribution >= 4 is 15.9 Å². The molecule has 1 fully saturated rings. The summed E-state index contributed by atoms with van der Waals surface area (Å²) in [4.78, 5) is 11.9. The minimum Gasteiger partial charge on any atom is -0.272 e. The lowest BCUT2D eigenvalue weighted by molar-refractivity contribution is -0.134. The maximum Gasteiger partial charge on any atom is 0.256 e.